The molecule has 2 heterocycles. The maximum atomic E-state index is 12.7. The number of nitrogens with one attached hydrogen (secondary N) is 1. The minimum atomic E-state index is -0.359. The van der Waals surface area contributed by atoms with E-state index in [4.69, 9.17) is 4.74 Å². The second kappa shape index (κ2) is 9.71. The molecule has 1 aliphatic heterocycles. The molecular weight excluding hydrogens is 530 g/mol. The van der Waals surface area contributed by atoms with Crippen molar-refractivity contribution >= 4 is 61.7 Å². The fourth-order valence-electron chi connectivity index (χ4n) is 4.17. The Kier molecular flexibility index (Phi) is 6.48. The summed E-state index contributed by atoms with van der Waals surface area (Å²) in [4.78, 5) is 27.1. The fraction of sp³-hybridized carbons (Fsp3) is 0.200. The number of aromatic nitrogens is 3. The highest BCUT2D eigenvalue weighted by Crippen LogP contribution is 2.37. The van der Waals surface area contributed by atoms with Crippen LogP contribution in [0.5, 0.6) is 5.75 Å². The van der Waals surface area contributed by atoms with Crippen LogP contribution in [0.25, 0.3) is 10.8 Å². The second-order valence-corrected chi connectivity index (χ2v) is 9.87. The maximum absolute atomic E-state index is 12.7. The molecule has 0 saturated heterocycles. The minimum absolute atomic E-state index is 0.0221. The highest BCUT2D eigenvalue weighted by molar-refractivity contribution is 9.10. The predicted octanol–water partition coefficient (Wildman–Crippen LogP) is 4.95. The number of carbonyl (C=O) groups is 2. The molecule has 5 rings (SSSR count). The van der Waals surface area contributed by atoms with Crippen molar-refractivity contribution in [1.29, 1.82) is 0 Å². The van der Waals surface area contributed by atoms with Crippen molar-refractivity contribution in [2.75, 3.05) is 22.6 Å². The van der Waals surface area contributed by atoms with E-state index in [0.717, 1.165) is 20.9 Å². The molecule has 0 fully saturated rings. The van der Waals surface area contributed by atoms with Crippen molar-refractivity contribution in [3.8, 4) is 5.75 Å². The van der Waals surface area contributed by atoms with Crippen molar-refractivity contribution in [2.45, 2.75) is 18.1 Å². The Balaban J connectivity index is 1.29. The SMILES string of the molecule is CC(c1nnc(SCC(=O)Nc2ccc(Br)c3ccccc23)n1C)N1C(=O)COc2ccccc21. The first-order chi connectivity index (χ1) is 16.9. The zero-order chi connectivity index (χ0) is 24.5. The van der Waals surface area contributed by atoms with Crippen molar-refractivity contribution in [3.05, 3.63) is 71.0 Å². The summed E-state index contributed by atoms with van der Waals surface area (Å²) in [5.41, 5.74) is 1.46. The van der Waals surface area contributed by atoms with Crippen molar-refractivity contribution in [1.82, 2.24) is 14.8 Å². The van der Waals surface area contributed by atoms with E-state index in [1.165, 1.54) is 11.8 Å². The molecule has 10 heteroatoms. The number of hydrogen-bond acceptors (Lipinski definition) is 6. The number of carbonyl (C=O) groups excluding carboxylic acids is 2. The Morgan fingerprint density at radius 2 is 1.86 bits per heavy atom. The molecule has 1 N–H and O–H groups in total. The number of fused-ring (bicyclic) bond motifs is 2. The van der Waals surface area contributed by atoms with Crippen LogP contribution in [0.2, 0.25) is 0 Å². The first-order valence-corrected chi connectivity index (χ1v) is 12.7. The van der Waals surface area contributed by atoms with Crippen LogP contribution in [0.4, 0.5) is 11.4 Å². The summed E-state index contributed by atoms with van der Waals surface area (Å²) in [6, 6.07) is 18.8. The summed E-state index contributed by atoms with van der Waals surface area (Å²) >= 11 is 4.85. The number of ether oxygens (including phenoxy) is 1. The monoisotopic (exact) mass is 551 g/mol. The summed E-state index contributed by atoms with van der Waals surface area (Å²) in [5.74, 6) is 1.17. The van der Waals surface area contributed by atoms with Crippen LogP contribution >= 0.6 is 27.7 Å². The molecule has 0 bridgehead atoms. The average molecular weight is 552 g/mol. The van der Waals surface area contributed by atoms with Crippen molar-refractivity contribution in [2.24, 2.45) is 7.05 Å². The third-order valence-corrected chi connectivity index (χ3v) is 7.56. The first kappa shape index (κ1) is 23.4. The van der Waals surface area contributed by atoms with Gasteiger partial charge in [-0.3, -0.25) is 14.5 Å². The Labute approximate surface area is 214 Å². The lowest BCUT2D eigenvalue weighted by Crippen LogP contribution is -2.41. The van der Waals surface area contributed by atoms with Gasteiger partial charge in [0.05, 0.1) is 17.5 Å². The summed E-state index contributed by atoms with van der Waals surface area (Å²) in [6.45, 7) is 1.88. The van der Waals surface area contributed by atoms with Gasteiger partial charge in [-0.2, -0.15) is 0 Å². The molecule has 178 valence electrons. The van der Waals surface area contributed by atoms with Crippen LogP contribution in [0, 0.1) is 0 Å². The van der Waals surface area contributed by atoms with E-state index in [-0.39, 0.29) is 30.2 Å². The smallest absolute Gasteiger partial charge is 0.265 e. The molecule has 0 radical (unpaired) electrons. The molecule has 35 heavy (non-hydrogen) atoms. The number of rotatable bonds is 6. The van der Waals surface area contributed by atoms with Gasteiger partial charge in [0.1, 0.15) is 5.75 Å². The van der Waals surface area contributed by atoms with Gasteiger partial charge >= 0.3 is 0 Å². The van der Waals surface area contributed by atoms with Gasteiger partial charge in [0, 0.05) is 22.6 Å². The molecule has 2 amide bonds. The van der Waals surface area contributed by atoms with Crippen molar-refractivity contribution in [3.63, 3.8) is 0 Å². The fourth-order valence-corrected chi connectivity index (χ4v) is 5.36. The largest absolute Gasteiger partial charge is 0.482 e. The van der Waals surface area contributed by atoms with E-state index in [1.807, 2.05) is 79.2 Å². The predicted molar refractivity (Wildman–Crippen MR) is 140 cm³/mol. The van der Waals surface area contributed by atoms with E-state index < -0.39 is 0 Å². The number of thioether (sulfide) groups is 1. The van der Waals surface area contributed by atoms with Gasteiger partial charge in [-0.05, 0) is 36.6 Å². The molecule has 0 aliphatic carbocycles. The standard InChI is InChI=1S/C25H22BrN5O3S/c1-15(31-20-9-5-6-10-21(20)34-13-23(31)33)24-28-29-25(30(24)2)35-14-22(32)27-19-12-11-18(26)16-7-3-4-8-17(16)19/h3-12,15H,13-14H2,1-2H3,(H,27,32). The summed E-state index contributed by atoms with van der Waals surface area (Å²) in [5, 5.41) is 14.2. The van der Waals surface area contributed by atoms with Crippen LogP contribution in [0.3, 0.4) is 0 Å². The normalized spacial score (nSPS) is 13.9. The molecule has 4 aromatic rings. The summed E-state index contributed by atoms with van der Waals surface area (Å²) < 4.78 is 8.35. The molecule has 0 spiro atoms. The van der Waals surface area contributed by atoms with Gasteiger partial charge in [-0.1, -0.05) is 64.1 Å². The molecule has 1 aliphatic rings. The van der Waals surface area contributed by atoms with Crippen molar-refractivity contribution < 1.29 is 14.3 Å². The quantitative estimate of drug-likeness (QED) is 0.341. The lowest BCUT2D eigenvalue weighted by molar-refractivity contribution is -0.121. The van der Waals surface area contributed by atoms with Crippen LogP contribution in [0.15, 0.2) is 70.3 Å². The van der Waals surface area contributed by atoms with Gasteiger partial charge in [0.25, 0.3) is 5.91 Å². The summed E-state index contributed by atoms with van der Waals surface area (Å²) in [6.07, 6.45) is 0. The third-order valence-electron chi connectivity index (χ3n) is 5.85. The molecule has 1 aromatic heterocycles. The van der Waals surface area contributed by atoms with Gasteiger partial charge in [-0.25, -0.2) is 0 Å². The number of para-hydroxylation sites is 2. The van der Waals surface area contributed by atoms with Gasteiger partial charge < -0.3 is 14.6 Å². The number of nitrogens with zero attached hydrogens (tertiary/aromatic N) is 4. The third kappa shape index (κ3) is 4.51. The Hall–Kier alpha value is -3.37. The minimum Gasteiger partial charge on any atom is -0.482 e. The lowest BCUT2D eigenvalue weighted by atomic mass is 10.1. The van der Waals surface area contributed by atoms with E-state index in [9.17, 15) is 9.59 Å². The Bertz CT molecular complexity index is 1440. The number of benzene rings is 3. The Morgan fingerprint density at radius 3 is 2.69 bits per heavy atom. The van der Waals surface area contributed by atoms with E-state index in [0.29, 0.717) is 22.4 Å². The molecule has 0 saturated carbocycles. The van der Waals surface area contributed by atoms with E-state index >= 15 is 0 Å². The molecule has 1 atom stereocenters. The van der Waals surface area contributed by atoms with Gasteiger partial charge in [0.15, 0.2) is 17.6 Å². The number of hydrogen-bond donors (Lipinski definition) is 1. The van der Waals surface area contributed by atoms with Gasteiger partial charge in [-0.15, -0.1) is 10.2 Å². The first-order valence-electron chi connectivity index (χ1n) is 11.0. The molecule has 3 aromatic carbocycles. The Morgan fingerprint density at radius 1 is 1.11 bits per heavy atom. The topological polar surface area (TPSA) is 89.4 Å². The molecule has 8 nitrogen and oxygen atoms in total. The number of anilines is 2. The average Bonchev–Trinajstić information content (AvgIpc) is 3.24. The maximum Gasteiger partial charge on any atom is 0.265 e. The lowest BCUT2D eigenvalue weighted by Gasteiger charge is -2.33. The zero-order valence-corrected chi connectivity index (χ0v) is 21.5. The highest BCUT2D eigenvalue weighted by Gasteiger charge is 2.32. The van der Waals surface area contributed by atoms with Crippen LogP contribution in [-0.4, -0.2) is 38.9 Å². The van der Waals surface area contributed by atoms with Crippen LogP contribution in [0.1, 0.15) is 18.8 Å². The van der Waals surface area contributed by atoms with E-state index in [2.05, 4.69) is 31.4 Å². The zero-order valence-electron chi connectivity index (χ0n) is 19.1. The number of amides is 2. The summed E-state index contributed by atoms with van der Waals surface area (Å²) in [7, 11) is 1.84. The number of halogens is 1. The molecule has 1 unspecified atom stereocenters. The van der Waals surface area contributed by atoms with Crippen LogP contribution < -0.4 is 15.0 Å². The van der Waals surface area contributed by atoms with E-state index in [1.54, 1.807) is 4.90 Å². The highest BCUT2D eigenvalue weighted by atomic mass is 79.9. The van der Waals surface area contributed by atoms with Crippen LogP contribution in [-0.2, 0) is 16.6 Å². The second-order valence-electron chi connectivity index (χ2n) is 8.07. The van der Waals surface area contributed by atoms with Gasteiger partial charge in [0.2, 0.25) is 5.91 Å². The molecular formula is C25H22BrN5O3S.